The Hall–Kier alpha value is -2.50. The first kappa shape index (κ1) is 16.6. The quantitative estimate of drug-likeness (QED) is 0.790. The van der Waals surface area contributed by atoms with Gasteiger partial charge in [-0.3, -0.25) is 9.80 Å². The van der Waals surface area contributed by atoms with Gasteiger partial charge in [-0.15, -0.1) is 0 Å². The van der Waals surface area contributed by atoms with Crippen molar-refractivity contribution in [3.05, 3.63) is 42.0 Å². The van der Waals surface area contributed by atoms with Gasteiger partial charge in [0.2, 0.25) is 0 Å². The molecule has 0 aliphatic heterocycles. The molecule has 0 unspecified atom stereocenters. The standard InChI is InChI=1S/C15H20N2O4/c1-3-16(14(18)19)13(17(4-2)15(20)21)11-10-12-8-6-5-7-9-12/h5-11,13H,3-4H2,1-2H3,(H,18,19)(H,20,21). The molecule has 6 heteroatoms. The molecular weight excluding hydrogens is 272 g/mol. The van der Waals surface area contributed by atoms with Gasteiger partial charge in [0.1, 0.15) is 6.17 Å². The number of likely N-dealkylation sites (N-methyl/N-ethyl adjacent to an activating group) is 2. The van der Waals surface area contributed by atoms with Crippen molar-refractivity contribution < 1.29 is 19.8 Å². The Morgan fingerprint density at radius 1 is 1.05 bits per heavy atom. The zero-order valence-corrected chi connectivity index (χ0v) is 12.1. The summed E-state index contributed by atoms with van der Waals surface area (Å²) in [5.74, 6) is 0. The fourth-order valence-corrected chi connectivity index (χ4v) is 2.01. The molecular formula is C15H20N2O4. The molecule has 1 aromatic rings. The second-order valence-electron chi connectivity index (χ2n) is 4.32. The molecule has 0 aliphatic rings. The molecule has 1 rings (SSSR count). The van der Waals surface area contributed by atoms with Crippen molar-refractivity contribution in [2.24, 2.45) is 0 Å². The highest BCUT2D eigenvalue weighted by atomic mass is 16.4. The highest BCUT2D eigenvalue weighted by molar-refractivity contribution is 5.70. The number of benzene rings is 1. The van der Waals surface area contributed by atoms with Crippen molar-refractivity contribution in [3.63, 3.8) is 0 Å². The van der Waals surface area contributed by atoms with Gasteiger partial charge in [0.05, 0.1) is 0 Å². The number of nitrogens with zero attached hydrogens (tertiary/aromatic N) is 2. The predicted molar refractivity (Wildman–Crippen MR) is 80.1 cm³/mol. The van der Waals surface area contributed by atoms with Crippen LogP contribution in [0.2, 0.25) is 0 Å². The maximum absolute atomic E-state index is 11.3. The van der Waals surface area contributed by atoms with Gasteiger partial charge < -0.3 is 10.2 Å². The molecule has 0 saturated heterocycles. The van der Waals surface area contributed by atoms with E-state index in [0.29, 0.717) is 0 Å². The number of hydrogen-bond donors (Lipinski definition) is 2. The molecule has 2 N–H and O–H groups in total. The van der Waals surface area contributed by atoms with E-state index in [1.165, 1.54) is 0 Å². The van der Waals surface area contributed by atoms with E-state index in [0.717, 1.165) is 15.4 Å². The molecule has 0 saturated carbocycles. The van der Waals surface area contributed by atoms with Crippen LogP contribution in [-0.2, 0) is 0 Å². The van der Waals surface area contributed by atoms with Crippen LogP contribution in [0.3, 0.4) is 0 Å². The third kappa shape index (κ3) is 4.52. The molecule has 21 heavy (non-hydrogen) atoms. The van der Waals surface area contributed by atoms with E-state index < -0.39 is 18.4 Å². The summed E-state index contributed by atoms with van der Waals surface area (Å²) in [5.41, 5.74) is 0.880. The number of carbonyl (C=O) groups is 2. The van der Waals surface area contributed by atoms with Crippen LogP contribution in [0, 0.1) is 0 Å². The lowest BCUT2D eigenvalue weighted by Gasteiger charge is -2.33. The van der Waals surface area contributed by atoms with Crippen LogP contribution in [-0.4, -0.2) is 51.5 Å². The SMILES string of the molecule is CCN(C(=O)O)C(C=Cc1ccccc1)N(CC)C(=O)O. The van der Waals surface area contributed by atoms with Gasteiger partial charge in [0.25, 0.3) is 0 Å². The summed E-state index contributed by atoms with van der Waals surface area (Å²) in [4.78, 5) is 24.8. The molecule has 0 atom stereocenters. The smallest absolute Gasteiger partial charge is 0.409 e. The van der Waals surface area contributed by atoms with Crippen LogP contribution < -0.4 is 0 Å². The number of rotatable bonds is 6. The minimum Gasteiger partial charge on any atom is -0.465 e. The molecule has 0 aromatic heterocycles. The number of hydrogen-bond acceptors (Lipinski definition) is 2. The lowest BCUT2D eigenvalue weighted by Crippen LogP contribution is -2.51. The molecule has 114 valence electrons. The fraction of sp³-hybridized carbons (Fsp3) is 0.333. The van der Waals surface area contributed by atoms with Gasteiger partial charge in [-0.2, -0.15) is 0 Å². The van der Waals surface area contributed by atoms with E-state index in [-0.39, 0.29) is 13.1 Å². The first-order chi connectivity index (χ1) is 10.0. The lowest BCUT2D eigenvalue weighted by molar-refractivity contribution is 0.0698. The maximum Gasteiger partial charge on any atom is 0.409 e. The lowest BCUT2D eigenvalue weighted by atomic mass is 10.2. The molecule has 0 heterocycles. The van der Waals surface area contributed by atoms with Crippen LogP contribution in [0.15, 0.2) is 36.4 Å². The van der Waals surface area contributed by atoms with Gasteiger partial charge in [0.15, 0.2) is 0 Å². The highest BCUT2D eigenvalue weighted by Crippen LogP contribution is 2.12. The molecule has 0 bridgehead atoms. The van der Waals surface area contributed by atoms with Crippen molar-refractivity contribution in [2.45, 2.75) is 20.0 Å². The Morgan fingerprint density at radius 3 is 1.90 bits per heavy atom. The molecule has 0 fully saturated rings. The molecule has 6 nitrogen and oxygen atoms in total. The van der Waals surface area contributed by atoms with E-state index in [1.807, 2.05) is 30.3 Å². The second kappa shape index (κ2) is 7.94. The topological polar surface area (TPSA) is 81.1 Å². The van der Waals surface area contributed by atoms with Gasteiger partial charge in [-0.05, 0) is 25.5 Å². The van der Waals surface area contributed by atoms with Crippen molar-refractivity contribution in [3.8, 4) is 0 Å². The first-order valence-electron chi connectivity index (χ1n) is 6.73. The van der Waals surface area contributed by atoms with Crippen LogP contribution in [0.1, 0.15) is 19.4 Å². The summed E-state index contributed by atoms with van der Waals surface area (Å²) in [7, 11) is 0. The fourth-order valence-electron chi connectivity index (χ4n) is 2.01. The molecule has 0 spiro atoms. The van der Waals surface area contributed by atoms with E-state index in [9.17, 15) is 19.8 Å². The van der Waals surface area contributed by atoms with Crippen molar-refractivity contribution in [2.75, 3.05) is 13.1 Å². The third-order valence-electron chi connectivity index (χ3n) is 3.07. The van der Waals surface area contributed by atoms with Crippen LogP contribution in [0.25, 0.3) is 6.08 Å². The molecule has 1 aromatic carbocycles. The maximum atomic E-state index is 11.3. The van der Waals surface area contributed by atoms with E-state index in [1.54, 1.807) is 26.0 Å². The molecule has 0 radical (unpaired) electrons. The minimum absolute atomic E-state index is 0.197. The summed E-state index contributed by atoms with van der Waals surface area (Å²) in [6.45, 7) is 3.74. The summed E-state index contributed by atoms with van der Waals surface area (Å²) >= 11 is 0. The monoisotopic (exact) mass is 292 g/mol. The van der Waals surface area contributed by atoms with Crippen LogP contribution in [0.5, 0.6) is 0 Å². The van der Waals surface area contributed by atoms with E-state index in [4.69, 9.17) is 0 Å². The Bertz CT molecular complexity index is 480. The van der Waals surface area contributed by atoms with Crippen LogP contribution in [0.4, 0.5) is 9.59 Å². The Labute approximate surface area is 123 Å². The zero-order chi connectivity index (χ0) is 15.8. The minimum atomic E-state index is -1.15. The van der Waals surface area contributed by atoms with Crippen LogP contribution >= 0.6 is 0 Å². The second-order valence-corrected chi connectivity index (χ2v) is 4.32. The van der Waals surface area contributed by atoms with Crippen molar-refractivity contribution in [1.29, 1.82) is 0 Å². The molecule has 2 amide bonds. The van der Waals surface area contributed by atoms with Gasteiger partial charge >= 0.3 is 12.2 Å². The summed E-state index contributed by atoms with van der Waals surface area (Å²) in [6, 6.07) is 9.32. The summed E-state index contributed by atoms with van der Waals surface area (Å²) < 4.78 is 0. The number of amides is 2. The van der Waals surface area contributed by atoms with Crippen molar-refractivity contribution >= 4 is 18.3 Å². The largest absolute Gasteiger partial charge is 0.465 e. The van der Waals surface area contributed by atoms with Gasteiger partial charge in [-0.25, -0.2) is 9.59 Å². The third-order valence-corrected chi connectivity index (χ3v) is 3.07. The van der Waals surface area contributed by atoms with Gasteiger partial charge in [-0.1, -0.05) is 36.4 Å². The number of carboxylic acid groups (broad SMARTS) is 2. The Morgan fingerprint density at radius 2 is 1.52 bits per heavy atom. The van der Waals surface area contributed by atoms with E-state index in [2.05, 4.69) is 0 Å². The first-order valence-corrected chi connectivity index (χ1v) is 6.73. The summed E-state index contributed by atoms with van der Waals surface area (Å²) in [6.07, 6.45) is 0.155. The zero-order valence-electron chi connectivity index (χ0n) is 12.1. The van der Waals surface area contributed by atoms with Gasteiger partial charge in [0, 0.05) is 13.1 Å². The Balaban J connectivity index is 3.09. The average Bonchev–Trinajstić information content (AvgIpc) is 2.46. The predicted octanol–water partition coefficient (Wildman–Crippen LogP) is 3.03. The highest BCUT2D eigenvalue weighted by Gasteiger charge is 2.27. The van der Waals surface area contributed by atoms with Crippen molar-refractivity contribution in [1.82, 2.24) is 9.80 Å². The Kier molecular flexibility index (Phi) is 6.26. The normalized spacial score (nSPS) is 10.8. The van der Waals surface area contributed by atoms with E-state index >= 15 is 0 Å². The summed E-state index contributed by atoms with van der Waals surface area (Å²) in [5, 5.41) is 18.5. The average molecular weight is 292 g/mol. The molecule has 0 aliphatic carbocycles.